The SMILES string of the molecule is CCOCCCNC(C)c1ccc2c(c1)CCC2. The molecule has 2 heteroatoms. The van der Waals surface area contributed by atoms with Gasteiger partial charge in [-0.2, -0.15) is 0 Å². The standard InChI is InChI=1S/C16H25NO/c1-3-18-11-5-10-17-13(2)15-9-8-14-6-4-7-16(14)12-15/h8-9,12-13,17H,3-7,10-11H2,1-2H3. The molecule has 0 radical (unpaired) electrons. The molecule has 100 valence electrons. The Balaban J connectivity index is 1.80. The maximum Gasteiger partial charge on any atom is 0.0477 e. The van der Waals surface area contributed by atoms with E-state index in [2.05, 4.69) is 30.4 Å². The van der Waals surface area contributed by atoms with E-state index in [4.69, 9.17) is 4.74 Å². The van der Waals surface area contributed by atoms with Gasteiger partial charge in [0.15, 0.2) is 0 Å². The summed E-state index contributed by atoms with van der Waals surface area (Å²) in [5.74, 6) is 0. The Hall–Kier alpha value is -0.860. The number of aryl methyl sites for hydroxylation is 2. The molecule has 0 fully saturated rings. The highest BCUT2D eigenvalue weighted by atomic mass is 16.5. The third-order valence-electron chi connectivity index (χ3n) is 3.74. The van der Waals surface area contributed by atoms with E-state index in [0.717, 1.165) is 26.2 Å². The Morgan fingerprint density at radius 1 is 1.28 bits per heavy atom. The van der Waals surface area contributed by atoms with Crippen molar-refractivity contribution in [2.75, 3.05) is 19.8 Å². The van der Waals surface area contributed by atoms with Crippen molar-refractivity contribution in [3.05, 3.63) is 34.9 Å². The molecule has 0 spiro atoms. The summed E-state index contributed by atoms with van der Waals surface area (Å²) in [7, 11) is 0. The molecule has 1 atom stereocenters. The predicted octanol–water partition coefficient (Wildman–Crippen LogP) is 3.25. The molecule has 18 heavy (non-hydrogen) atoms. The Kier molecular flexibility index (Phi) is 5.21. The smallest absolute Gasteiger partial charge is 0.0477 e. The number of ether oxygens (including phenoxy) is 1. The number of fused-ring (bicyclic) bond motifs is 1. The molecule has 0 aliphatic heterocycles. The Bertz CT molecular complexity index is 375. The van der Waals surface area contributed by atoms with Crippen LogP contribution in [0, 0.1) is 0 Å². The van der Waals surface area contributed by atoms with Crippen LogP contribution in [-0.2, 0) is 17.6 Å². The van der Waals surface area contributed by atoms with Gasteiger partial charge in [0, 0.05) is 19.3 Å². The second-order valence-electron chi connectivity index (χ2n) is 5.11. The maximum atomic E-state index is 5.34. The summed E-state index contributed by atoms with van der Waals surface area (Å²) < 4.78 is 5.34. The fourth-order valence-electron chi connectivity index (χ4n) is 2.62. The number of nitrogens with one attached hydrogen (secondary N) is 1. The first kappa shape index (κ1) is 13.6. The van der Waals surface area contributed by atoms with Crippen molar-refractivity contribution in [3.8, 4) is 0 Å². The Morgan fingerprint density at radius 3 is 2.94 bits per heavy atom. The van der Waals surface area contributed by atoms with Gasteiger partial charge >= 0.3 is 0 Å². The quantitative estimate of drug-likeness (QED) is 0.747. The first-order valence-corrected chi connectivity index (χ1v) is 7.24. The molecule has 1 N–H and O–H groups in total. The van der Waals surface area contributed by atoms with Crippen LogP contribution >= 0.6 is 0 Å². The van der Waals surface area contributed by atoms with Crippen LogP contribution in [0.25, 0.3) is 0 Å². The van der Waals surface area contributed by atoms with E-state index >= 15 is 0 Å². The highest BCUT2D eigenvalue weighted by molar-refractivity contribution is 5.36. The van der Waals surface area contributed by atoms with Crippen molar-refractivity contribution in [2.45, 2.75) is 45.6 Å². The average molecular weight is 247 g/mol. The fourth-order valence-corrected chi connectivity index (χ4v) is 2.62. The van der Waals surface area contributed by atoms with Crippen LogP contribution in [0.15, 0.2) is 18.2 Å². The number of rotatable bonds is 7. The molecule has 0 heterocycles. The van der Waals surface area contributed by atoms with Gasteiger partial charge in [-0.05, 0) is 62.8 Å². The van der Waals surface area contributed by atoms with Crippen molar-refractivity contribution in [3.63, 3.8) is 0 Å². The molecular weight excluding hydrogens is 222 g/mol. The van der Waals surface area contributed by atoms with Crippen LogP contribution in [0.1, 0.15) is 49.4 Å². The average Bonchev–Trinajstić information content (AvgIpc) is 2.85. The van der Waals surface area contributed by atoms with E-state index in [1.165, 1.54) is 24.8 Å². The lowest BCUT2D eigenvalue weighted by atomic mass is 10.0. The van der Waals surface area contributed by atoms with Gasteiger partial charge in [0.05, 0.1) is 0 Å². The normalized spacial score (nSPS) is 15.7. The lowest BCUT2D eigenvalue weighted by Crippen LogP contribution is -2.21. The first-order valence-electron chi connectivity index (χ1n) is 7.24. The molecule has 1 aromatic rings. The summed E-state index contributed by atoms with van der Waals surface area (Å²) in [6.07, 6.45) is 4.95. The van der Waals surface area contributed by atoms with Crippen molar-refractivity contribution in [1.29, 1.82) is 0 Å². The van der Waals surface area contributed by atoms with Gasteiger partial charge in [0.25, 0.3) is 0 Å². The zero-order valence-corrected chi connectivity index (χ0v) is 11.7. The molecule has 1 aromatic carbocycles. The van der Waals surface area contributed by atoms with E-state index in [9.17, 15) is 0 Å². The van der Waals surface area contributed by atoms with Gasteiger partial charge in [-0.15, -0.1) is 0 Å². The van der Waals surface area contributed by atoms with Crippen molar-refractivity contribution in [2.24, 2.45) is 0 Å². The predicted molar refractivity (Wildman–Crippen MR) is 76.0 cm³/mol. The topological polar surface area (TPSA) is 21.3 Å². The minimum Gasteiger partial charge on any atom is -0.382 e. The van der Waals surface area contributed by atoms with Gasteiger partial charge in [0.2, 0.25) is 0 Å². The van der Waals surface area contributed by atoms with Crippen molar-refractivity contribution >= 4 is 0 Å². The van der Waals surface area contributed by atoms with Gasteiger partial charge in [-0.1, -0.05) is 18.2 Å². The molecule has 0 saturated heterocycles. The summed E-state index contributed by atoms with van der Waals surface area (Å²) in [5, 5.41) is 3.57. The van der Waals surface area contributed by atoms with Crippen LogP contribution in [0.3, 0.4) is 0 Å². The highest BCUT2D eigenvalue weighted by Crippen LogP contribution is 2.25. The Morgan fingerprint density at radius 2 is 2.11 bits per heavy atom. The van der Waals surface area contributed by atoms with Crippen LogP contribution < -0.4 is 5.32 Å². The molecule has 0 saturated carbocycles. The Labute approximate surface area is 111 Å². The molecule has 1 aliphatic carbocycles. The van der Waals surface area contributed by atoms with Gasteiger partial charge in [-0.3, -0.25) is 0 Å². The molecule has 1 aliphatic rings. The number of hydrogen-bond acceptors (Lipinski definition) is 2. The van der Waals surface area contributed by atoms with E-state index in [1.54, 1.807) is 11.1 Å². The zero-order valence-electron chi connectivity index (χ0n) is 11.7. The summed E-state index contributed by atoms with van der Waals surface area (Å²) in [6.45, 7) is 7.00. The van der Waals surface area contributed by atoms with Crippen molar-refractivity contribution < 1.29 is 4.74 Å². The van der Waals surface area contributed by atoms with Gasteiger partial charge in [0.1, 0.15) is 0 Å². The minimum atomic E-state index is 0.442. The minimum absolute atomic E-state index is 0.442. The largest absolute Gasteiger partial charge is 0.382 e. The maximum absolute atomic E-state index is 5.34. The number of hydrogen-bond donors (Lipinski definition) is 1. The van der Waals surface area contributed by atoms with E-state index < -0.39 is 0 Å². The van der Waals surface area contributed by atoms with Crippen LogP contribution in [0.2, 0.25) is 0 Å². The summed E-state index contributed by atoms with van der Waals surface area (Å²) in [5.41, 5.74) is 4.55. The van der Waals surface area contributed by atoms with E-state index in [-0.39, 0.29) is 0 Å². The molecule has 2 rings (SSSR count). The second kappa shape index (κ2) is 6.91. The molecule has 0 amide bonds. The van der Waals surface area contributed by atoms with E-state index in [1.807, 2.05) is 6.92 Å². The first-order chi connectivity index (χ1) is 8.81. The number of benzene rings is 1. The summed E-state index contributed by atoms with van der Waals surface area (Å²) >= 11 is 0. The third-order valence-corrected chi connectivity index (χ3v) is 3.74. The lowest BCUT2D eigenvalue weighted by molar-refractivity contribution is 0.144. The summed E-state index contributed by atoms with van der Waals surface area (Å²) in [4.78, 5) is 0. The summed E-state index contributed by atoms with van der Waals surface area (Å²) in [6, 6.07) is 7.43. The molecule has 0 aromatic heterocycles. The molecule has 1 unspecified atom stereocenters. The molecule has 0 bridgehead atoms. The van der Waals surface area contributed by atoms with E-state index in [0.29, 0.717) is 6.04 Å². The molecular formula is C16H25NO. The third kappa shape index (κ3) is 3.56. The second-order valence-corrected chi connectivity index (χ2v) is 5.11. The van der Waals surface area contributed by atoms with Crippen LogP contribution in [0.4, 0.5) is 0 Å². The highest BCUT2D eigenvalue weighted by Gasteiger charge is 2.12. The monoisotopic (exact) mass is 247 g/mol. The molecule has 2 nitrogen and oxygen atoms in total. The zero-order chi connectivity index (χ0) is 12.8. The lowest BCUT2D eigenvalue weighted by Gasteiger charge is -2.15. The van der Waals surface area contributed by atoms with Crippen LogP contribution in [0.5, 0.6) is 0 Å². The van der Waals surface area contributed by atoms with Crippen molar-refractivity contribution in [1.82, 2.24) is 5.32 Å². The van der Waals surface area contributed by atoms with Gasteiger partial charge < -0.3 is 10.1 Å². The van der Waals surface area contributed by atoms with Crippen LogP contribution in [-0.4, -0.2) is 19.8 Å². The fraction of sp³-hybridized carbons (Fsp3) is 0.625. The van der Waals surface area contributed by atoms with Gasteiger partial charge in [-0.25, -0.2) is 0 Å².